The molecule has 0 aliphatic heterocycles. The lowest BCUT2D eigenvalue weighted by molar-refractivity contribution is -0.146. The van der Waals surface area contributed by atoms with Crippen molar-refractivity contribution in [3.8, 4) is 0 Å². The van der Waals surface area contributed by atoms with Crippen molar-refractivity contribution >= 4 is 11.9 Å². The van der Waals surface area contributed by atoms with Crippen LogP contribution in [0.5, 0.6) is 0 Å². The van der Waals surface area contributed by atoms with Crippen LogP contribution in [-0.2, 0) is 4.79 Å². The number of nitrogens with one attached hydrogen (secondary N) is 2. The van der Waals surface area contributed by atoms with Crippen molar-refractivity contribution in [1.29, 1.82) is 0 Å². The highest BCUT2D eigenvalue weighted by molar-refractivity contribution is 5.96. The molecule has 0 aromatic carbocycles. The summed E-state index contributed by atoms with van der Waals surface area (Å²) in [5, 5.41) is 18.7. The standard InChI is InChI=1S/C13H19N3O3/c1-8-4-3-5-13(7-8,12(18)19)14-11(17)10-6-9(2)15-16-10/h6,8H,3-5,7H2,1-2H3,(H,14,17)(H,15,16)(H,18,19). The zero-order valence-electron chi connectivity index (χ0n) is 11.2. The molecule has 0 radical (unpaired) electrons. The van der Waals surface area contributed by atoms with Crippen molar-refractivity contribution in [2.24, 2.45) is 5.92 Å². The minimum absolute atomic E-state index is 0.233. The number of aryl methyl sites for hydroxylation is 1. The molecule has 1 saturated carbocycles. The third-order valence-corrected chi connectivity index (χ3v) is 3.70. The predicted molar refractivity (Wildman–Crippen MR) is 68.8 cm³/mol. The molecule has 1 aromatic rings. The number of rotatable bonds is 3. The molecule has 2 rings (SSSR count). The minimum Gasteiger partial charge on any atom is -0.480 e. The first-order valence-corrected chi connectivity index (χ1v) is 6.51. The Bertz CT molecular complexity index is 497. The van der Waals surface area contributed by atoms with Crippen LogP contribution >= 0.6 is 0 Å². The molecule has 2 atom stereocenters. The van der Waals surface area contributed by atoms with E-state index in [9.17, 15) is 14.7 Å². The molecule has 1 fully saturated rings. The van der Waals surface area contributed by atoms with E-state index < -0.39 is 17.4 Å². The summed E-state index contributed by atoms with van der Waals surface area (Å²) < 4.78 is 0. The van der Waals surface area contributed by atoms with Gasteiger partial charge in [0.15, 0.2) is 0 Å². The number of amides is 1. The molecule has 1 heterocycles. The molecule has 104 valence electrons. The van der Waals surface area contributed by atoms with Gasteiger partial charge < -0.3 is 10.4 Å². The Labute approximate surface area is 111 Å². The maximum Gasteiger partial charge on any atom is 0.329 e. The number of carboxylic acids is 1. The van der Waals surface area contributed by atoms with Crippen molar-refractivity contribution in [3.05, 3.63) is 17.5 Å². The molecular weight excluding hydrogens is 246 g/mol. The lowest BCUT2D eigenvalue weighted by Crippen LogP contribution is -2.56. The molecule has 1 aliphatic rings. The van der Waals surface area contributed by atoms with Gasteiger partial charge >= 0.3 is 5.97 Å². The SMILES string of the molecule is Cc1cc(C(=O)NC2(C(=O)O)CCCC(C)C2)n[nH]1. The summed E-state index contributed by atoms with van der Waals surface area (Å²) in [5.74, 6) is -1.09. The molecule has 0 bridgehead atoms. The normalized spacial score (nSPS) is 26.9. The first-order chi connectivity index (χ1) is 8.93. The Morgan fingerprint density at radius 3 is 2.84 bits per heavy atom. The van der Waals surface area contributed by atoms with Crippen LogP contribution in [0.4, 0.5) is 0 Å². The molecule has 6 nitrogen and oxygen atoms in total. The Hall–Kier alpha value is -1.85. The van der Waals surface area contributed by atoms with Crippen molar-refractivity contribution in [3.63, 3.8) is 0 Å². The number of aliphatic carboxylic acids is 1. The molecule has 19 heavy (non-hydrogen) atoms. The second-order valence-electron chi connectivity index (χ2n) is 5.48. The van der Waals surface area contributed by atoms with Crippen LogP contribution < -0.4 is 5.32 Å². The highest BCUT2D eigenvalue weighted by Crippen LogP contribution is 2.32. The van der Waals surface area contributed by atoms with Crippen molar-refractivity contribution in [1.82, 2.24) is 15.5 Å². The van der Waals surface area contributed by atoms with Crippen LogP contribution in [0.25, 0.3) is 0 Å². The molecule has 1 aliphatic carbocycles. The number of aromatic amines is 1. The maximum atomic E-state index is 12.1. The smallest absolute Gasteiger partial charge is 0.329 e. The molecule has 1 aromatic heterocycles. The van der Waals surface area contributed by atoms with Crippen LogP contribution in [0, 0.1) is 12.8 Å². The van der Waals surface area contributed by atoms with Gasteiger partial charge in [0.2, 0.25) is 0 Å². The van der Waals surface area contributed by atoms with Gasteiger partial charge in [0, 0.05) is 5.69 Å². The number of hydrogen-bond donors (Lipinski definition) is 3. The van der Waals surface area contributed by atoms with Crippen LogP contribution in [-0.4, -0.2) is 32.7 Å². The first-order valence-electron chi connectivity index (χ1n) is 6.51. The predicted octanol–water partition coefficient (Wildman–Crippen LogP) is 1.48. The Morgan fingerprint density at radius 2 is 2.32 bits per heavy atom. The third kappa shape index (κ3) is 2.77. The quantitative estimate of drug-likeness (QED) is 0.771. The molecule has 3 N–H and O–H groups in total. The summed E-state index contributed by atoms with van der Waals surface area (Å²) in [4.78, 5) is 23.6. The molecule has 2 unspecified atom stereocenters. The largest absolute Gasteiger partial charge is 0.480 e. The summed E-state index contributed by atoms with van der Waals surface area (Å²) in [7, 11) is 0. The summed E-state index contributed by atoms with van der Waals surface area (Å²) in [6, 6.07) is 1.61. The van der Waals surface area contributed by atoms with Gasteiger partial charge in [-0.15, -0.1) is 0 Å². The zero-order chi connectivity index (χ0) is 14.0. The first kappa shape index (κ1) is 13.6. The van der Waals surface area contributed by atoms with E-state index in [0.29, 0.717) is 18.8 Å². The number of carbonyl (C=O) groups is 2. The van der Waals surface area contributed by atoms with Crippen LogP contribution in [0.15, 0.2) is 6.07 Å². The summed E-state index contributed by atoms with van der Waals surface area (Å²) >= 11 is 0. The van der Waals surface area contributed by atoms with E-state index >= 15 is 0 Å². The van der Waals surface area contributed by atoms with Crippen LogP contribution in [0.1, 0.15) is 48.8 Å². The number of nitrogens with zero attached hydrogens (tertiary/aromatic N) is 1. The number of carbonyl (C=O) groups excluding carboxylic acids is 1. The van der Waals surface area contributed by atoms with Crippen molar-refractivity contribution in [2.75, 3.05) is 0 Å². The Morgan fingerprint density at radius 1 is 1.58 bits per heavy atom. The molecule has 6 heteroatoms. The zero-order valence-corrected chi connectivity index (χ0v) is 11.2. The van der Waals surface area contributed by atoms with E-state index in [1.54, 1.807) is 13.0 Å². The Kier molecular flexibility index (Phi) is 3.59. The minimum atomic E-state index is -1.15. The van der Waals surface area contributed by atoms with Gasteiger partial charge in [-0.25, -0.2) is 4.79 Å². The fourth-order valence-corrected chi connectivity index (χ4v) is 2.73. The number of H-pyrrole nitrogens is 1. The number of aromatic nitrogens is 2. The topological polar surface area (TPSA) is 95.1 Å². The fourth-order valence-electron chi connectivity index (χ4n) is 2.73. The van der Waals surface area contributed by atoms with E-state index in [2.05, 4.69) is 15.5 Å². The molecular formula is C13H19N3O3. The van der Waals surface area contributed by atoms with Gasteiger partial charge in [-0.3, -0.25) is 9.89 Å². The van der Waals surface area contributed by atoms with Gasteiger partial charge in [0.1, 0.15) is 11.2 Å². The summed E-state index contributed by atoms with van der Waals surface area (Å²) in [6.45, 7) is 3.81. The highest BCUT2D eigenvalue weighted by Gasteiger charge is 2.43. The van der Waals surface area contributed by atoms with E-state index in [4.69, 9.17) is 0 Å². The van der Waals surface area contributed by atoms with Crippen LogP contribution in [0.3, 0.4) is 0 Å². The number of hydrogen-bond acceptors (Lipinski definition) is 3. The third-order valence-electron chi connectivity index (χ3n) is 3.70. The van der Waals surface area contributed by atoms with E-state index in [1.165, 1.54) is 0 Å². The van der Waals surface area contributed by atoms with Gasteiger partial charge in [0.05, 0.1) is 0 Å². The van der Waals surface area contributed by atoms with E-state index in [0.717, 1.165) is 18.5 Å². The Balaban J connectivity index is 2.17. The van der Waals surface area contributed by atoms with Gasteiger partial charge in [-0.1, -0.05) is 19.8 Å². The van der Waals surface area contributed by atoms with Gasteiger partial charge in [0.25, 0.3) is 5.91 Å². The average Bonchev–Trinajstić information content (AvgIpc) is 2.75. The average molecular weight is 265 g/mol. The second-order valence-corrected chi connectivity index (χ2v) is 5.48. The van der Waals surface area contributed by atoms with Crippen LogP contribution in [0.2, 0.25) is 0 Å². The van der Waals surface area contributed by atoms with Crippen molar-refractivity contribution < 1.29 is 14.7 Å². The van der Waals surface area contributed by atoms with Gasteiger partial charge in [-0.2, -0.15) is 5.10 Å². The highest BCUT2D eigenvalue weighted by atomic mass is 16.4. The monoisotopic (exact) mass is 265 g/mol. The van der Waals surface area contributed by atoms with E-state index in [-0.39, 0.29) is 5.69 Å². The van der Waals surface area contributed by atoms with Crippen molar-refractivity contribution in [2.45, 2.75) is 45.1 Å². The lowest BCUT2D eigenvalue weighted by Gasteiger charge is -2.36. The van der Waals surface area contributed by atoms with E-state index in [1.807, 2.05) is 6.92 Å². The molecule has 0 spiro atoms. The summed E-state index contributed by atoms with van der Waals surface area (Å²) in [6.07, 6.45) is 2.76. The maximum absolute atomic E-state index is 12.1. The second kappa shape index (κ2) is 5.03. The van der Waals surface area contributed by atoms with Gasteiger partial charge in [-0.05, 0) is 31.7 Å². The summed E-state index contributed by atoms with van der Waals surface area (Å²) in [5.41, 5.74) is -0.149. The molecule has 1 amide bonds. The molecule has 0 saturated heterocycles. The lowest BCUT2D eigenvalue weighted by atomic mass is 9.76. The fraction of sp³-hybridized carbons (Fsp3) is 0.615. The number of carboxylic acid groups (broad SMARTS) is 1.